The molecule has 0 saturated carbocycles. The molecule has 2 aromatic carbocycles. The van der Waals surface area contributed by atoms with E-state index in [2.05, 4.69) is 10.3 Å². The quantitative estimate of drug-likeness (QED) is 0.556. The Morgan fingerprint density at radius 1 is 1.26 bits per heavy atom. The van der Waals surface area contributed by atoms with Crippen LogP contribution in [0.3, 0.4) is 0 Å². The van der Waals surface area contributed by atoms with Crippen LogP contribution in [0.15, 0.2) is 46.0 Å². The van der Waals surface area contributed by atoms with E-state index >= 15 is 0 Å². The molecule has 0 aliphatic heterocycles. The Labute approximate surface area is 166 Å². The lowest BCUT2D eigenvalue weighted by atomic mass is 10.2. The molecule has 142 valence electrons. The van der Waals surface area contributed by atoms with Crippen LogP contribution >= 0.6 is 23.4 Å². The zero-order valence-electron chi connectivity index (χ0n) is 15.1. The number of halogens is 1. The summed E-state index contributed by atoms with van der Waals surface area (Å²) in [6.07, 6.45) is 0.599. The van der Waals surface area contributed by atoms with Gasteiger partial charge in [-0.3, -0.25) is 4.79 Å². The Morgan fingerprint density at radius 2 is 2.00 bits per heavy atom. The third-order valence-electron chi connectivity index (χ3n) is 3.91. The van der Waals surface area contributed by atoms with Crippen molar-refractivity contribution in [2.75, 3.05) is 19.5 Å². The molecule has 8 heteroatoms. The largest absolute Gasteiger partial charge is 0.495 e. The SMILES string of the molecule is CCC(Sc1nc2ccccc2o1)C(=O)Nc1cc(Cl)c(OC)cc1OC. The van der Waals surface area contributed by atoms with Crippen LogP contribution in [0.1, 0.15) is 13.3 Å². The Kier molecular flexibility index (Phi) is 6.13. The Morgan fingerprint density at radius 3 is 2.67 bits per heavy atom. The summed E-state index contributed by atoms with van der Waals surface area (Å²) in [4.78, 5) is 17.2. The molecule has 3 rings (SSSR count). The predicted molar refractivity (Wildman–Crippen MR) is 107 cm³/mol. The number of aromatic nitrogens is 1. The first-order chi connectivity index (χ1) is 13.0. The molecule has 6 nitrogen and oxygen atoms in total. The van der Waals surface area contributed by atoms with Gasteiger partial charge in [0.1, 0.15) is 17.0 Å². The molecule has 1 unspecified atom stereocenters. The maximum Gasteiger partial charge on any atom is 0.257 e. The van der Waals surface area contributed by atoms with Gasteiger partial charge in [0, 0.05) is 6.07 Å². The summed E-state index contributed by atoms with van der Waals surface area (Å²) in [6.45, 7) is 1.93. The number of hydrogen-bond donors (Lipinski definition) is 1. The van der Waals surface area contributed by atoms with E-state index in [0.717, 1.165) is 5.52 Å². The fourth-order valence-electron chi connectivity index (χ4n) is 2.52. The van der Waals surface area contributed by atoms with E-state index in [1.54, 1.807) is 12.1 Å². The van der Waals surface area contributed by atoms with E-state index in [9.17, 15) is 4.79 Å². The topological polar surface area (TPSA) is 73.6 Å². The summed E-state index contributed by atoms with van der Waals surface area (Å²) in [5.74, 6) is 0.745. The van der Waals surface area contributed by atoms with Crippen LogP contribution in [-0.2, 0) is 4.79 Å². The summed E-state index contributed by atoms with van der Waals surface area (Å²) in [5, 5.41) is 3.32. The maximum atomic E-state index is 12.8. The summed E-state index contributed by atoms with van der Waals surface area (Å²) >= 11 is 7.45. The molecule has 0 fully saturated rings. The van der Waals surface area contributed by atoms with Crippen LogP contribution < -0.4 is 14.8 Å². The van der Waals surface area contributed by atoms with Gasteiger partial charge < -0.3 is 19.2 Å². The molecule has 1 heterocycles. The third kappa shape index (κ3) is 4.31. The van der Waals surface area contributed by atoms with Gasteiger partial charge in [0.05, 0.1) is 30.2 Å². The normalized spacial score (nSPS) is 12.0. The number of thioether (sulfide) groups is 1. The second kappa shape index (κ2) is 8.54. The van der Waals surface area contributed by atoms with Crippen molar-refractivity contribution in [3.63, 3.8) is 0 Å². The van der Waals surface area contributed by atoms with Crippen molar-refractivity contribution in [1.82, 2.24) is 4.98 Å². The fourth-order valence-corrected chi connectivity index (χ4v) is 3.62. The highest BCUT2D eigenvalue weighted by Crippen LogP contribution is 2.37. The predicted octanol–water partition coefficient (Wildman–Crippen LogP) is 5.01. The first-order valence-electron chi connectivity index (χ1n) is 8.30. The third-order valence-corrected chi connectivity index (χ3v) is 5.42. The number of nitrogens with one attached hydrogen (secondary N) is 1. The highest BCUT2D eigenvalue weighted by Gasteiger charge is 2.23. The van der Waals surface area contributed by atoms with E-state index in [-0.39, 0.29) is 11.2 Å². The van der Waals surface area contributed by atoms with Crippen molar-refractivity contribution in [2.45, 2.75) is 23.8 Å². The van der Waals surface area contributed by atoms with Gasteiger partial charge in [-0.05, 0) is 24.6 Å². The number of ether oxygens (including phenoxy) is 2. The van der Waals surface area contributed by atoms with Gasteiger partial charge in [0.25, 0.3) is 5.22 Å². The Hall–Kier alpha value is -2.38. The number of carbonyl (C=O) groups excluding carboxylic acids is 1. The number of oxazole rings is 1. The molecular formula is C19H19ClN2O4S. The molecule has 1 amide bonds. The number of carbonyl (C=O) groups is 1. The molecule has 1 atom stereocenters. The number of rotatable bonds is 7. The first-order valence-corrected chi connectivity index (χ1v) is 9.56. The van der Waals surface area contributed by atoms with Gasteiger partial charge in [-0.15, -0.1) is 0 Å². The molecule has 1 aromatic heterocycles. The summed E-state index contributed by atoms with van der Waals surface area (Å²) < 4.78 is 16.2. The smallest absolute Gasteiger partial charge is 0.257 e. The number of fused-ring (bicyclic) bond motifs is 1. The standard InChI is InChI=1S/C19H19ClN2O4S/c1-4-17(27-19-22-12-7-5-6-8-14(12)26-19)18(23)21-13-9-11(20)15(24-2)10-16(13)25-3/h5-10,17H,4H2,1-3H3,(H,21,23). The molecule has 0 bridgehead atoms. The molecule has 0 aliphatic carbocycles. The second-order valence-corrected chi connectivity index (χ2v) is 7.20. The van der Waals surface area contributed by atoms with Gasteiger partial charge in [-0.1, -0.05) is 42.4 Å². The summed E-state index contributed by atoms with van der Waals surface area (Å²) in [7, 11) is 3.03. The fraction of sp³-hybridized carbons (Fsp3) is 0.263. The number of para-hydroxylation sites is 2. The molecule has 0 radical (unpaired) electrons. The van der Waals surface area contributed by atoms with Crippen molar-refractivity contribution in [2.24, 2.45) is 0 Å². The molecular weight excluding hydrogens is 388 g/mol. The monoisotopic (exact) mass is 406 g/mol. The number of amides is 1. The number of nitrogens with zero attached hydrogens (tertiary/aromatic N) is 1. The van der Waals surface area contributed by atoms with Gasteiger partial charge in [0.15, 0.2) is 5.58 Å². The Bertz CT molecular complexity index is 927. The van der Waals surface area contributed by atoms with Crippen molar-refractivity contribution in [3.8, 4) is 11.5 Å². The van der Waals surface area contributed by atoms with Crippen LogP contribution in [0.2, 0.25) is 5.02 Å². The van der Waals surface area contributed by atoms with E-state index in [1.807, 2.05) is 31.2 Å². The van der Waals surface area contributed by atoms with Crippen molar-refractivity contribution < 1.29 is 18.7 Å². The molecule has 0 saturated heterocycles. The minimum absolute atomic E-state index is 0.190. The van der Waals surface area contributed by atoms with Crippen LogP contribution in [0.25, 0.3) is 11.1 Å². The Balaban J connectivity index is 1.78. The van der Waals surface area contributed by atoms with Gasteiger partial charge in [-0.25, -0.2) is 4.98 Å². The lowest BCUT2D eigenvalue weighted by Crippen LogP contribution is -2.24. The first kappa shape index (κ1) is 19.4. The van der Waals surface area contributed by atoms with Crippen molar-refractivity contribution in [1.29, 1.82) is 0 Å². The average Bonchev–Trinajstić information content (AvgIpc) is 3.08. The van der Waals surface area contributed by atoms with E-state index < -0.39 is 0 Å². The van der Waals surface area contributed by atoms with Crippen LogP contribution in [-0.4, -0.2) is 30.4 Å². The number of methoxy groups -OCH3 is 2. The minimum Gasteiger partial charge on any atom is -0.495 e. The van der Waals surface area contributed by atoms with E-state index in [4.69, 9.17) is 25.5 Å². The highest BCUT2D eigenvalue weighted by atomic mass is 35.5. The summed E-state index contributed by atoms with van der Waals surface area (Å²) in [5.41, 5.74) is 1.93. The van der Waals surface area contributed by atoms with Crippen LogP contribution in [0.5, 0.6) is 11.5 Å². The van der Waals surface area contributed by atoms with Crippen LogP contribution in [0, 0.1) is 0 Å². The van der Waals surface area contributed by atoms with Crippen molar-refractivity contribution in [3.05, 3.63) is 41.4 Å². The van der Waals surface area contributed by atoms with Crippen molar-refractivity contribution >= 4 is 46.1 Å². The number of anilines is 1. The second-order valence-electron chi connectivity index (χ2n) is 5.64. The zero-order valence-corrected chi connectivity index (χ0v) is 16.7. The number of benzene rings is 2. The van der Waals surface area contributed by atoms with Crippen LogP contribution in [0.4, 0.5) is 5.69 Å². The maximum absolute atomic E-state index is 12.8. The lowest BCUT2D eigenvalue weighted by molar-refractivity contribution is -0.115. The molecule has 27 heavy (non-hydrogen) atoms. The highest BCUT2D eigenvalue weighted by molar-refractivity contribution is 8.00. The lowest BCUT2D eigenvalue weighted by Gasteiger charge is -2.16. The van der Waals surface area contributed by atoms with Gasteiger partial charge >= 0.3 is 0 Å². The zero-order chi connectivity index (χ0) is 19.4. The molecule has 1 N–H and O–H groups in total. The number of hydrogen-bond acceptors (Lipinski definition) is 6. The minimum atomic E-state index is -0.386. The van der Waals surface area contributed by atoms with Gasteiger partial charge in [0.2, 0.25) is 5.91 Å². The summed E-state index contributed by atoms with van der Waals surface area (Å²) in [6, 6.07) is 10.7. The molecule has 3 aromatic rings. The van der Waals surface area contributed by atoms with E-state index in [0.29, 0.717) is 39.4 Å². The molecule has 0 spiro atoms. The van der Waals surface area contributed by atoms with E-state index in [1.165, 1.54) is 26.0 Å². The van der Waals surface area contributed by atoms with Gasteiger partial charge in [-0.2, -0.15) is 0 Å². The average molecular weight is 407 g/mol. The molecule has 0 aliphatic rings.